The molecule has 3 rings (SSSR count). The lowest BCUT2D eigenvalue weighted by atomic mass is 10.1. The van der Waals surface area contributed by atoms with E-state index in [-0.39, 0.29) is 35.8 Å². The van der Waals surface area contributed by atoms with Crippen molar-refractivity contribution in [1.29, 1.82) is 0 Å². The standard InChI is InChI=1S/C24H29N7O7/c1-31(2,3)13-22(32)29-28-20(24(34)26-17-9-7-15(37-4)11-21(17)38-5)12-19-23(33)27-18-10-14(30(35)36)6-8-16(18)25-19/h6-11,23,27,33H,12-13H2,1-5H3,(H-,26,29,32,34)/p+1. The Morgan fingerprint density at radius 3 is 2.55 bits per heavy atom. The number of carbonyl (C=O) groups excluding carboxylic acids is 2. The fourth-order valence-electron chi connectivity index (χ4n) is 3.47. The van der Waals surface area contributed by atoms with Crippen molar-refractivity contribution in [3.8, 4) is 11.5 Å². The number of nitrogens with zero attached hydrogens (tertiary/aromatic N) is 4. The Hall–Kier alpha value is -4.56. The van der Waals surface area contributed by atoms with Crippen LogP contribution in [-0.4, -0.2) is 85.9 Å². The molecule has 14 nitrogen and oxygen atoms in total. The highest BCUT2D eigenvalue weighted by atomic mass is 16.6. The van der Waals surface area contributed by atoms with Crippen molar-refractivity contribution >= 4 is 46.0 Å². The summed E-state index contributed by atoms with van der Waals surface area (Å²) in [5, 5.41) is 31.1. The lowest BCUT2D eigenvalue weighted by Crippen LogP contribution is -2.43. The minimum atomic E-state index is -1.36. The van der Waals surface area contributed by atoms with Crippen molar-refractivity contribution in [3.63, 3.8) is 0 Å². The molecule has 0 aliphatic carbocycles. The van der Waals surface area contributed by atoms with E-state index in [1.807, 2.05) is 21.1 Å². The normalized spacial score (nSPS) is 14.9. The minimum Gasteiger partial charge on any atom is -0.497 e. The number of rotatable bonds is 10. The molecule has 1 atom stereocenters. The van der Waals surface area contributed by atoms with Gasteiger partial charge in [0, 0.05) is 24.6 Å². The van der Waals surface area contributed by atoms with Gasteiger partial charge in [-0.05, 0) is 18.2 Å². The number of carbonyl (C=O) groups is 2. The molecule has 0 radical (unpaired) electrons. The van der Waals surface area contributed by atoms with E-state index in [0.29, 0.717) is 27.4 Å². The Kier molecular flexibility index (Phi) is 8.60. The van der Waals surface area contributed by atoms with Gasteiger partial charge < -0.3 is 29.7 Å². The molecular weight excluding hydrogens is 498 g/mol. The first-order chi connectivity index (χ1) is 17.9. The van der Waals surface area contributed by atoms with Gasteiger partial charge in [-0.25, -0.2) is 5.43 Å². The predicted molar refractivity (Wildman–Crippen MR) is 141 cm³/mol. The topological polar surface area (TPSA) is 177 Å². The number of methoxy groups -OCH3 is 2. The Morgan fingerprint density at radius 1 is 1.18 bits per heavy atom. The molecule has 1 heterocycles. The van der Waals surface area contributed by atoms with E-state index in [1.54, 1.807) is 18.2 Å². The fraction of sp³-hybridized carbons (Fsp3) is 0.333. The first-order valence-electron chi connectivity index (χ1n) is 11.4. The van der Waals surface area contributed by atoms with Crippen LogP contribution in [0.4, 0.5) is 22.7 Å². The maximum atomic E-state index is 13.3. The zero-order chi connectivity index (χ0) is 28.0. The number of amides is 2. The van der Waals surface area contributed by atoms with Crippen LogP contribution in [0.2, 0.25) is 0 Å². The number of aliphatic hydroxyl groups is 1. The van der Waals surface area contributed by atoms with E-state index in [2.05, 4.69) is 26.2 Å². The second kappa shape index (κ2) is 11.7. The van der Waals surface area contributed by atoms with Gasteiger partial charge in [-0.2, -0.15) is 5.10 Å². The highest BCUT2D eigenvalue weighted by molar-refractivity contribution is 6.46. The Morgan fingerprint density at radius 2 is 1.92 bits per heavy atom. The summed E-state index contributed by atoms with van der Waals surface area (Å²) in [6.45, 7) is 0.0992. The number of likely N-dealkylation sites (N-methyl/N-ethyl adjacent to an activating group) is 1. The SMILES string of the molecule is COc1ccc(NC(=O)C(CC2=Nc3ccc([N+](=O)[O-])cc3NC2O)=NNC(=O)C[N+](C)(C)C)c(OC)c1. The maximum Gasteiger partial charge on any atom is 0.295 e. The lowest BCUT2D eigenvalue weighted by Gasteiger charge is -2.23. The number of aliphatic hydroxyl groups excluding tert-OH is 1. The number of hydrazone groups is 1. The van der Waals surface area contributed by atoms with Crippen LogP contribution in [0.15, 0.2) is 46.5 Å². The molecule has 0 saturated heterocycles. The number of hydrogen-bond acceptors (Lipinski definition) is 10. The van der Waals surface area contributed by atoms with Crippen molar-refractivity contribution in [2.45, 2.75) is 12.6 Å². The van der Waals surface area contributed by atoms with Crippen LogP contribution in [-0.2, 0) is 9.59 Å². The zero-order valence-electron chi connectivity index (χ0n) is 21.6. The summed E-state index contributed by atoms with van der Waals surface area (Å²) in [4.78, 5) is 40.5. The van der Waals surface area contributed by atoms with E-state index >= 15 is 0 Å². The largest absolute Gasteiger partial charge is 0.497 e. The second-order valence-electron chi connectivity index (χ2n) is 9.35. The average molecular weight is 529 g/mol. The Balaban J connectivity index is 1.91. The third-order valence-electron chi connectivity index (χ3n) is 5.26. The van der Waals surface area contributed by atoms with E-state index in [0.717, 1.165) is 0 Å². The fourth-order valence-corrected chi connectivity index (χ4v) is 3.47. The molecule has 38 heavy (non-hydrogen) atoms. The van der Waals surface area contributed by atoms with Crippen LogP contribution in [0.25, 0.3) is 0 Å². The van der Waals surface area contributed by atoms with Crippen LogP contribution in [0.1, 0.15) is 6.42 Å². The smallest absolute Gasteiger partial charge is 0.295 e. The zero-order valence-corrected chi connectivity index (χ0v) is 21.6. The number of ether oxygens (including phenoxy) is 2. The van der Waals surface area contributed by atoms with Gasteiger partial charge in [-0.15, -0.1) is 0 Å². The number of quaternary nitrogens is 1. The summed E-state index contributed by atoms with van der Waals surface area (Å²) >= 11 is 0. The molecule has 2 aromatic carbocycles. The summed E-state index contributed by atoms with van der Waals surface area (Å²) in [6.07, 6.45) is -1.61. The molecular formula is C24H30N7O7+. The maximum absolute atomic E-state index is 13.3. The van der Waals surface area contributed by atoms with Gasteiger partial charge in [0.05, 0.1) is 63.1 Å². The van der Waals surface area contributed by atoms with Crippen LogP contribution < -0.4 is 25.5 Å². The van der Waals surface area contributed by atoms with Gasteiger partial charge in [0.15, 0.2) is 12.8 Å². The summed E-state index contributed by atoms with van der Waals surface area (Å²) in [5.41, 5.74) is 3.10. The molecule has 4 N–H and O–H groups in total. The highest BCUT2D eigenvalue weighted by Crippen LogP contribution is 2.33. The first-order valence-corrected chi connectivity index (χ1v) is 11.4. The van der Waals surface area contributed by atoms with Crippen molar-refractivity contribution < 1.29 is 33.6 Å². The van der Waals surface area contributed by atoms with Crippen molar-refractivity contribution in [3.05, 3.63) is 46.5 Å². The number of hydrogen-bond donors (Lipinski definition) is 4. The molecule has 202 valence electrons. The molecule has 1 unspecified atom stereocenters. The number of anilines is 2. The van der Waals surface area contributed by atoms with E-state index in [4.69, 9.17) is 9.47 Å². The van der Waals surface area contributed by atoms with Gasteiger partial charge >= 0.3 is 0 Å². The Labute approximate surface area is 218 Å². The third kappa shape index (κ3) is 7.24. The summed E-state index contributed by atoms with van der Waals surface area (Å²) in [6, 6.07) is 8.76. The van der Waals surface area contributed by atoms with Crippen molar-refractivity contribution in [2.24, 2.45) is 10.1 Å². The van der Waals surface area contributed by atoms with Crippen molar-refractivity contribution in [1.82, 2.24) is 5.43 Å². The van der Waals surface area contributed by atoms with Gasteiger partial charge in [0.1, 0.15) is 17.2 Å². The van der Waals surface area contributed by atoms with Gasteiger partial charge in [0.2, 0.25) is 0 Å². The third-order valence-corrected chi connectivity index (χ3v) is 5.26. The highest BCUT2D eigenvalue weighted by Gasteiger charge is 2.26. The van der Waals surface area contributed by atoms with E-state index in [9.17, 15) is 24.8 Å². The average Bonchev–Trinajstić information content (AvgIpc) is 2.85. The molecule has 0 bridgehead atoms. The minimum absolute atomic E-state index is 0.0992. The van der Waals surface area contributed by atoms with Crippen LogP contribution in [0.5, 0.6) is 11.5 Å². The van der Waals surface area contributed by atoms with E-state index < -0.39 is 23.0 Å². The summed E-state index contributed by atoms with van der Waals surface area (Å²) in [7, 11) is 8.41. The van der Waals surface area contributed by atoms with E-state index in [1.165, 1.54) is 32.4 Å². The quantitative estimate of drug-likeness (QED) is 0.156. The molecule has 0 spiro atoms. The van der Waals surface area contributed by atoms with Crippen molar-refractivity contribution in [2.75, 3.05) is 52.5 Å². The molecule has 1 aliphatic rings. The van der Waals surface area contributed by atoms with Crippen LogP contribution in [0.3, 0.4) is 0 Å². The molecule has 0 aromatic heterocycles. The molecule has 2 amide bonds. The van der Waals surface area contributed by atoms with Gasteiger partial charge in [-0.3, -0.25) is 24.7 Å². The Bertz CT molecular complexity index is 1300. The molecule has 1 aliphatic heterocycles. The number of nitro groups is 1. The molecule has 0 saturated carbocycles. The van der Waals surface area contributed by atoms with Crippen LogP contribution in [0, 0.1) is 10.1 Å². The number of non-ortho nitro benzene ring substituents is 1. The lowest BCUT2D eigenvalue weighted by molar-refractivity contribution is -0.862. The predicted octanol–water partition coefficient (Wildman–Crippen LogP) is 1.64. The first kappa shape index (κ1) is 28.0. The van der Waals surface area contributed by atoms with Gasteiger partial charge in [-0.1, -0.05) is 0 Å². The summed E-state index contributed by atoms with van der Waals surface area (Å²) in [5.74, 6) is -0.250. The molecule has 0 fully saturated rings. The van der Waals surface area contributed by atoms with Crippen LogP contribution >= 0.6 is 0 Å². The number of aliphatic imine (C=N–C) groups is 1. The number of nitro benzene ring substituents is 1. The van der Waals surface area contributed by atoms with Gasteiger partial charge in [0.25, 0.3) is 17.5 Å². The summed E-state index contributed by atoms with van der Waals surface area (Å²) < 4.78 is 10.8. The number of fused-ring (bicyclic) bond motifs is 1. The molecule has 14 heteroatoms. The molecule has 2 aromatic rings. The second-order valence-corrected chi connectivity index (χ2v) is 9.35. The number of benzene rings is 2. The number of nitrogens with one attached hydrogen (secondary N) is 3. The monoisotopic (exact) mass is 528 g/mol.